The molecule has 230 valence electrons. The van der Waals surface area contributed by atoms with Crippen molar-refractivity contribution in [2.45, 2.75) is 37.5 Å². The number of anilines is 1. The molecule has 2 aromatic carbocycles. The third kappa shape index (κ3) is 7.84. The topological polar surface area (TPSA) is 183 Å². The standard InChI is InChI=1S/C27H31N5O9S2/c1-17(2)16-41-32(43(37,38)23-14-10-8-12-21(23)25(34)40-6)27(30-26-28-18(3)15-19(4)29-26)31-42(35,36)22-13-9-7-11-20(22)24(33)39-5/h7-15,17H,16H2,1-6H3,(H,28,29,30,31)/p+1. The largest absolute Gasteiger partial charge is 0.465 e. The maximum Gasteiger partial charge on any atom is 0.421 e. The molecule has 0 unspecified atom stereocenters. The van der Waals surface area contributed by atoms with Gasteiger partial charge in [0.15, 0.2) is 0 Å². The lowest BCUT2D eigenvalue weighted by atomic mass is 10.2. The number of hydrogen-bond acceptors (Lipinski definition) is 11. The molecule has 0 atom stereocenters. The minimum Gasteiger partial charge on any atom is -0.465 e. The fraction of sp³-hybridized carbons (Fsp3) is 0.296. The monoisotopic (exact) mass is 634 g/mol. The zero-order chi connectivity index (χ0) is 31.9. The molecule has 1 heterocycles. The van der Waals surface area contributed by atoms with Crippen LogP contribution in [0.25, 0.3) is 0 Å². The van der Waals surface area contributed by atoms with Gasteiger partial charge in [0.05, 0.1) is 25.3 Å². The van der Waals surface area contributed by atoms with Crippen LogP contribution in [0.1, 0.15) is 46.0 Å². The van der Waals surface area contributed by atoms with Crippen molar-refractivity contribution >= 4 is 43.9 Å². The van der Waals surface area contributed by atoms with Crippen LogP contribution in [-0.2, 0) is 34.4 Å². The molecule has 0 saturated carbocycles. The summed E-state index contributed by atoms with van der Waals surface area (Å²) in [7, 11) is -7.43. The minimum atomic E-state index is -4.87. The number of rotatable bonds is 10. The number of nitrogens with one attached hydrogen (secondary N) is 2. The second-order valence-corrected chi connectivity index (χ2v) is 12.8. The zero-order valence-corrected chi connectivity index (χ0v) is 25.9. The van der Waals surface area contributed by atoms with E-state index < -0.39 is 47.7 Å². The summed E-state index contributed by atoms with van der Waals surface area (Å²) in [5.41, 5.74) is 0.334. The first kappa shape index (κ1) is 32.9. The van der Waals surface area contributed by atoms with Crippen LogP contribution < -0.4 is 10.0 Å². The summed E-state index contributed by atoms with van der Waals surface area (Å²) in [6.07, 6.45) is 0. The van der Waals surface area contributed by atoms with Gasteiger partial charge in [0, 0.05) is 15.5 Å². The van der Waals surface area contributed by atoms with Gasteiger partial charge in [-0.05, 0) is 50.1 Å². The first-order chi connectivity index (χ1) is 20.2. The number of carbonyl (C=O) groups excluding carboxylic acids is 2. The van der Waals surface area contributed by atoms with E-state index in [1.807, 2.05) is 0 Å². The van der Waals surface area contributed by atoms with Crippen molar-refractivity contribution < 1.29 is 44.9 Å². The Morgan fingerprint density at radius 2 is 1.33 bits per heavy atom. The molecule has 0 fully saturated rings. The number of aryl methyl sites for hydroxylation is 2. The van der Waals surface area contributed by atoms with E-state index in [1.165, 1.54) is 36.4 Å². The quantitative estimate of drug-likeness (QED) is 0.109. The number of ether oxygens (including phenoxy) is 2. The Morgan fingerprint density at radius 3 is 1.84 bits per heavy atom. The van der Waals surface area contributed by atoms with Crippen LogP contribution in [0.2, 0.25) is 0 Å². The van der Waals surface area contributed by atoms with Crippen LogP contribution in [0.15, 0.2) is 64.4 Å². The molecule has 16 heteroatoms. The number of hydrogen-bond donors (Lipinski definition) is 2. The van der Waals surface area contributed by atoms with E-state index in [9.17, 15) is 26.4 Å². The first-order valence-electron chi connectivity index (χ1n) is 12.7. The fourth-order valence-electron chi connectivity index (χ4n) is 3.69. The van der Waals surface area contributed by atoms with Crippen molar-refractivity contribution in [2.75, 3.05) is 26.1 Å². The lowest BCUT2D eigenvalue weighted by Crippen LogP contribution is -2.46. The van der Waals surface area contributed by atoms with Crippen molar-refractivity contribution in [1.82, 2.24) is 14.7 Å². The summed E-state index contributed by atoms with van der Waals surface area (Å²) in [6.45, 7) is 6.59. The number of benzene rings is 2. The second-order valence-electron chi connectivity index (χ2n) is 9.45. The third-order valence-corrected chi connectivity index (χ3v) is 8.56. The number of esters is 2. The van der Waals surface area contributed by atoms with E-state index in [0.717, 1.165) is 26.4 Å². The number of nitrogens with zero attached hydrogens (tertiary/aromatic N) is 3. The predicted molar refractivity (Wildman–Crippen MR) is 154 cm³/mol. The fourth-order valence-corrected chi connectivity index (χ4v) is 6.33. The molecule has 0 bridgehead atoms. The number of carbonyl (C=O) groups is 2. The summed E-state index contributed by atoms with van der Waals surface area (Å²) in [4.78, 5) is 38.0. The van der Waals surface area contributed by atoms with E-state index in [2.05, 4.69) is 20.0 Å². The molecular formula is C27H32N5O9S2+. The Morgan fingerprint density at radius 1 is 0.837 bits per heavy atom. The van der Waals surface area contributed by atoms with Gasteiger partial charge in [0.2, 0.25) is 0 Å². The normalized spacial score (nSPS) is 12.3. The molecule has 0 saturated heterocycles. The Bertz CT molecular complexity index is 1750. The average molecular weight is 635 g/mol. The number of methoxy groups -OCH3 is 2. The molecule has 14 nitrogen and oxygen atoms in total. The molecular weight excluding hydrogens is 602 g/mol. The van der Waals surface area contributed by atoms with Crippen LogP contribution in [0.4, 0.5) is 5.95 Å². The van der Waals surface area contributed by atoms with Crippen LogP contribution >= 0.6 is 0 Å². The molecule has 0 aliphatic carbocycles. The highest BCUT2D eigenvalue weighted by molar-refractivity contribution is 7.90. The van der Waals surface area contributed by atoms with Gasteiger partial charge in [0.25, 0.3) is 5.95 Å². The van der Waals surface area contributed by atoms with Gasteiger partial charge in [-0.1, -0.05) is 38.1 Å². The van der Waals surface area contributed by atoms with Crippen LogP contribution in [-0.4, -0.2) is 69.7 Å². The maximum atomic E-state index is 14.2. The predicted octanol–water partition coefficient (Wildman–Crippen LogP) is 2.40. The van der Waals surface area contributed by atoms with E-state index in [0.29, 0.717) is 15.5 Å². The summed E-state index contributed by atoms with van der Waals surface area (Å²) < 4.78 is 67.8. The summed E-state index contributed by atoms with van der Waals surface area (Å²) >= 11 is 0. The molecule has 0 radical (unpaired) electrons. The van der Waals surface area contributed by atoms with Gasteiger partial charge in [-0.15, -0.1) is 0 Å². The van der Waals surface area contributed by atoms with Gasteiger partial charge >= 0.3 is 37.9 Å². The van der Waals surface area contributed by atoms with Gasteiger partial charge < -0.3 is 14.3 Å². The van der Waals surface area contributed by atoms with Crippen molar-refractivity contribution in [3.63, 3.8) is 0 Å². The average Bonchev–Trinajstić information content (AvgIpc) is 2.95. The highest BCUT2D eigenvalue weighted by Gasteiger charge is 2.38. The van der Waals surface area contributed by atoms with E-state index in [-0.39, 0.29) is 29.6 Å². The Balaban J connectivity index is 2.37. The van der Waals surface area contributed by atoms with Gasteiger partial charge in [-0.25, -0.2) is 24.9 Å². The summed E-state index contributed by atoms with van der Waals surface area (Å²) in [5.74, 6) is -3.08. The van der Waals surface area contributed by atoms with Crippen LogP contribution in [0.5, 0.6) is 0 Å². The van der Waals surface area contributed by atoms with Gasteiger partial charge in [0.1, 0.15) is 16.4 Å². The van der Waals surface area contributed by atoms with E-state index in [1.54, 1.807) is 33.8 Å². The number of sulfonamides is 2. The Labute approximate surface area is 249 Å². The summed E-state index contributed by atoms with van der Waals surface area (Å²) in [6, 6.07) is 12.0. The second kappa shape index (κ2) is 13.6. The van der Waals surface area contributed by atoms with Gasteiger partial charge in [-0.2, -0.15) is 21.6 Å². The molecule has 43 heavy (non-hydrogen) atoms. The van der Waals surface area contributed by atoms with Crippen molar-refractivity contribution in [1.29, 1.82) is 0 Å². The molecule has 0 aliphatic rings. The molecule has 0 spiro atoms. The number of aromatic nitrogens is 2. The minimum absolute atomic E-state index is 0.175. The SMILES string of the molecule is COC(=O)c1ccccc1S(=O)(=O)NC(Nc1nc(C)cc(C)n1)=[N+](OCC(C)C)S(=O)(=O)c1ccccc1C(=O)OC. The lowest BCUT2D eigenvalue weighted by Gasteiger charge is -2.17. The smallest absolute Gasteiger partial charge is 0.421 e. The van der Waals surface area contributed by atoms with Crippen LogP contribution in [0.3, 0.4) is 0 Å². The van der Waals surface area contributed by atoms with Crippen LogP contribution in [0, 0.1) is 19.8 Å². The van der Waals surface area contributed by atoms with Crippen molar-refractivity contribution in [3.8, 4) is 0 Å². The van der Waals surface area contributed by atoms with Crippen molar-refractivity contribution in [3.05, 3.63) is 77.1 Å². The Kier molecular flexibility index (Phi) is 10.4. The lowest BCUT2D eigenvalue weighted by molar-refractivity contribution is -0.678. The Hall–Kier alpha value is -4.57. The molecule has 3 aromatic rings. The van der Waals surface area contributed by atoms with Crippen molar-refractivity contribution in [2.24, 2.45) is 5.92 Å². The van der Waals surface area contributed by atoms with Gasteiger partial charge in [-0.3, -0.25) is 0 Å². The van der Waals surface area contributed by atoms with E-state index in [4.69, 9.17) is 14.3 Å². The summed E-state index contributed by atoms with van der Waals surface area (Å²) in [5, 5.41) is 2.61. The molecule has 3 rings (SSSR count). The zero-order valence-electron chi connectivity index (χ0n) is 24.3. The van der Waals surface area contributed by atoms with E-state index >= 15 is 0 Å². The molecule has 1 aromatic heterocycles. The molecule has 0 amide bonds. The number of guanidine groups is 1. The highest BCUT2D eigenvalue weighted by Crippen LogP contribution is 2.21. The first-order valence-corrected chi connectivity index (χ1v) is 15.7. The maximum absolute atomic E-state index is 14.2. The highest BCUT2D eigenvalue weighted by atomic mass is 32.2. The molecule has 2 N–H and O–H groups in total. The third-order valence-electron chi connectivity index (χ3n) is 5.52. The molecule has 0 aliphatic heterocycles.